The summed E-state index contributed by atoms with van der Waals surface area (Å²) in [5.41, 5.74) is 0.765. The summed E-state index contributed by atoms with van der Waals surface area (Å²) in [6.07, 6.45) is 0.770. The molecule has 2 unspecified atom stereocenters. The summed E-state index contributed by atoms with van der Waals surface area (Å²) in [6.45, 7) is 5.96. The monoisotopic (exact) mass is 326 g/mol. The number of benzene rings is 1. The fourth-order valence-corrected chi connectivity index (χ4v) is 2.74. The molecule has 0 aliphatic carbocycles. The Kier molecular flexibility index (Phi) is 7.24. The van der Waals surface area contributed by atoms with E-state index in [1.165, 1.54) is 12.1 Å². The molecule has 0 aromatic heterocycles. The zero-order chi connectivity index (χ0) is 16.7. The Balaban J connectivity index is 2.58. The second kappa shape index (κ2) is 8.68. The van der Waals surface area contributed by atoms with E-state index >= 15 is 0 Å². The van der Waals surface area contributed by atoms with Crippen LogP contribution in [0, 0.1) is 5.92 Å². The summed E-state index contributed by atoms with van der Waals surface area (Å²) in [7, 11) is -1.45. The lowest BCUT2D eigenvalue weighted by Crippen LogP contribution is -2.26. The molecule has 1 rings (SSSR count). The van der Waals surface area contributed by atoms with Gasteiger partial charge in [-0.05, 0) is 37.0 Å². The molecule has 0 radical (unpaired) electrons. The van der Waals surface area contributed by atoms with Crippen LogP contribution in [0.2, 0.25) is 0 Å². The molecule has 6 heteroatoms. The number of carboxylic acid groups (broad SMARTS) is 1. The second-order valence-corrected chi connectivity index (χ2v) is 7.28. The van der Waals surface area contributed by atoms with Crippen LogP contribution in [0.15, 0.2) is 24.3 Å². The molecule has 2 atom stereocenters. The standard InChI is InChI=1S/C16H22O5S/c1-11(2)7-8-21-16(19)12(3)22(20)10-13-5-4-6-14(9-13)15(17)18/h4-6,9,11-12H,7-8,10H2,1-3H3,(H,17,18). The first kappa shape index (κ1) is 18.4. The zero-order valence-corrected chi connectivity index (χ0v) is 13.9. The number of carboxylic acids is 1. The normalized spacial score (nSPS) is 13.6. The molecule has 0 aliphatic rings. The molecule has 22 heavy (non-hydrogen) atoms. The summed E-state index contributed by atoms with van der Waals surface area (Å²) >= 11 is 0. The molecule has 1 N–H and O–H groups in total. The van der Waals surface area contributed by atoms with Crippen LogP contribution in [0.3, 0.4) is 0 Å². The van der Waals surface area contributed by atoms with Crippen molar-refractivity contribution in [1.29, 1.82) is 0 Å². The van der Waals surface area contributed by atoms with Gasteiger partial charge in [0.2, 0.25) is 0 Å². The number of aromatic carboxylic acids is 1. The fourth-order valence-electron chi connectivity index (χ4n) is 1.70. The molecule has 0 amide bonds. The minimum absolute atomic E-state index is 0.127. The third kappa shape index (κ3) is 5.97. The van der Waals surface area contributed by atoms with E-state index < -0.39 is 28.0 Å². The second-order valence-electron chi connectivity index (χ2n) is 5.52. The van der Waals surface area contributed by atoms with Crippen molar-refractivity contribution < 1.29 is 23.6 Å². The number of carbonyl (C=O) groups is 2. The van der Waals surface area contributed by atoms with Crippen molar-refractivity contribution in [2.75, 3.05) is 6.61 Å². The molecule has 0 heterocycles. The summed E-state index contributed by atoms with van der Waals surface area (Å²) in [4.78, 5) is 22.7. The Labute approximate surface area is 133 Å². The minimum atomic E-state index is -1.45. The minimum Gasteiger partial charge on any atom is -0.478 e. The Morgan fingerprint density at radius 1 is 1.27 bits per heavy atom. The predicted molar refractivity (Wildman–Crippen MR) is 85.1 cm³/mol. The number of esters is 1. The number of hydrogen-bond donors (Lipinski definition) is 1. The molecule has 0 aliphatic heterocycles. The molecule has 0 saturated carbocycles. The Morgan fingerprint density at radius 3 is 2.55 bits per heavy atom. The van der Waals surface area contributed by atoms with Crippen molar-refractivity contribution in [3.63, 3.8) is 0 Å². The first-order chi connectivity index (χ1) is 10.3. The molecule has 0 saturated heterocycles. The van der Waals surface area contributed by atoms with Crippen LogP contribution in [-0.4, -0.2) is 33.1 Å². The van der Waals surface area contributed by atoms with E-state index in [1.54, 1.807) is 19.1 Å². The lowest BCUT2D eigenvalue weighted by Gasteiger charge is -2.12. The predicted octanol–water partition coefficient (Wildman–Crippen LogP) is 2.61. The Bertz CT molecular complexity index is 553. The van der Waals surface area contributed by atoms with E-state index in [-0.39, 0.29) is 11.3 Å². The van der Waals surface area contributed by atoms with Crippen molar-refractivity contribution in [2.24, 2.45) is 5.92 Å². The van der Waals surface area contributed by atoms with Crippen LogP contribution in [0.1, 0.15) is 43.1 Å². The summed E-state index contributed by atoms with van der Waals surface area (Å²) in [5, 5.41) is 8.20. The molecule has 0 fully saturated rings. The van der Waals surface area contributed by atoms with Gasteiger partial charge in [-0.1, -0.05) is 26.0 Å². The van der Waals surface area contributed by atoms with Gasteiger partial charge in [-0.25, -0.2) is 4.79 Å². The van der Waals surface area contributed by atoms with Gasteiger partial charge in [-0.15, -0.1) is 0 Å². The Hall–Kier alpha value is -1.69. The van der Waals surface area contributed by atoms with E-state index in [0.29, 0.717) is 18.1 Å². The van der Waals surface area contributed by atoms with Crippen LogP contribution in [0.5, 0.6) is 0 Å². The third-order valence-corrected chi connectivity index (χ3v) is 4.75. The summed E-state index contributed by atoms with van der Waals surface area (Å²) in [6, 6.07) is 6.23. The lowest BCUT2D eigenvalue weighted by molar-refractivity contribution is -0.143. The molecule has 1 aromatic carbocycles. The molecule has 5 nitrogen and oxygen atoms in total. The highest BCUT2D eigenvalue weighted by Crippen LogP contribution is 2.12. The van der Waals surface area contributed by atoms with E-state index in [0.717, 1.165) is 6.42 Å². The van der Waals surface area contributed by atoms with E-state index in [4.69, 9.17) is 9.84 Å². The molecule has 0 bridgehead atoms. The van der Waals surface area contributed by atoms with Crippen molar-refractivity contribution in [3.05, 3.63) is 35.4 Å². The van der Waals surface area contributed by atoms with Crippen molar-refractivity contribution in [2.45, 2.75) is 38.2 Å². The lowest BCUT2D eigenvalue weighted by atomic mass is 10.1. The highest BCUT2D eigenvalue weighted by molar-refractivity contribution is 7.85. The van der Waals surface area contributed by atoms with Crippen molar-refractivity contribution >= 4 is 22.7 Å². The van der Waals surface area contributed by atoms with E-state index in [2.05, 4.69) is 0 Å². The van der Waals surface area contributed by atoms with Gasteiger partial charge in [0.15, 0.2) is 0 Å². The van der Waals surface area contributed by atoms with Gasteiger partial charge in [-0.3, -0.25) is 9.00 Å². The van der Waals surface area contributed by atoms with Crippen LogP contribution >= 0.6 is 0 Å². The van der Waals surface area contributed by atoms with E-state index in [1.807, 2.05) is 13.8 Å². The number of carbonyl (C=O) groups excluding carboxylic acids is 1. The largest absolute Gasteiger partial charge is 0.478 e. The molecule has 122 valence electrons. The smallest absolute Gasteiger partial charge is 0.335 e. The van der Waals surface area contributed by atoms with Crippen LogP contribution in [0.4, 0.5) is 0 Å². The highest BCUT2D eigenvalue weighted by atomic mass is 32.2. The van der Waals surface area contributed by atoms with Gasteiger partial charge in [0, 0.05) is 16.6 Å². The average Bonchev–Trinajstić information content (AvgIpc) is 2.46. The third-order valence-electron chi connectivity index (χ3n) is 3.15. The maximum absolute atomic E-state index is 12.2. The maximum atomic E-state index is 12.2. The first-order valence-electron chi connectivity index (χ1n) is 7.17. The average molecular weight is 326 g/mol. The van der Waals surface area contributed by atoms with Crippen LogP contribution in [0.25, 0.3) is 0 Å². The van der Waals surface area contributed by atoms with Gasteiger partial charge in [-0.2, -0.15) is 0 Å². The Morgan fingerprint density at radius 2 is 1.95 bits per heavy atom. The van der Waals surface area contributed by atoms with Gasteiger partial charge in [0.1, 0.15) is 5.25 Å². The van der Waals surface area contributed by atoms with Gasteiger partial charge in [0.05, 0.1) is 12.2 Å². The first-order valence-corrected chi connectivity index (χ1v) is 8.55. The van der Waals surface area contributed by atoms with Crippen LogP contribution in [-0.2, 0) is 26.1 Å². The van der Waals surface area contributed by atoms with Crippen molar-refractivity contribution in [3.8, 4) is 0 Å². The van der Waals surface area contributed by atoms with Gasteiger partial charge < -0.3 is 9.84 Å². The fraction of sp³-hybridized carbons (Fsp3) is 0.500. The number of rotatable bonds is 8. The SMILES string of the molecule is CC(C)CCOC(=O)C(C)S(=O)Cc1cccc(C(=O)O)c1. The molecular formula is C16H22O5S. The van der Waals surface area contributed by atoms with Crippen LogP contribution < -0.4 is 0 Å². The summed E-state index contributed by atoms with van der Waals surface area (Å²) < 4.78 is 17.3. The highest BCUT2D eigenvalue weighted by Gasteiger charge is 2.22. The molecular weight excluding hydrogens is 304 g/mol. The number of hydrogen-bond acceptors (Lipinski definition) is 4. The summed E-state index contributed by atoms with van der Waals surface area (Å²) in [5.74, 6) is -0.948. The molecule has 1 aromatic rings. The van der Waals surface area contributed by atoms with Crippen molar-refractivity contribution in [1.82, 2.24) is 0 Å². The van der Waals surface area contributed by atoms with Gasteiger partial charge in [0.25, 0.3) is 0 Å². The molecule has 0 spiro atoms. The number of ether oxygens (including phenoxy) is 1. The zero-order valence-electron chi connectivity index (χ0n) is 13.1. The van der Waals surface area contributed by atoms with E-state index in [9.17, 15) is 13.8 Å². The van der Waals surface area contributed by atoms with Gasteiger partial charge >= 0.3 is 11.9 Å². The quantitative estimate of drug-likeness (QED) is 0.743. The maximum Gasteiger partial charge on any atom is 0.335 e. The topological polar surface area (TPSA) is 80.7 Å².